The number of carbonyl (C=O) groups is 1. The predicted molar refractivity (Wildman–Crippen MR) is 83.8 cm³/mol. The smallest absolute Gasteiger partial charge is 0.311 e. The van der Waals surface area contributed by atoms with Gasteiger partial charge in [0.1, 0.15) is 0 Å². The van der Waals surface area contributed by atoms with Crippen LogP contribution in [0.15, 0.2) is 0 Å². The van der Waals surface area contributed by atoms with Crippen molar-refractivity contribution in [1.82, 2.24) is 0 Å². The number of ether oxygens (including phenoxy) is 2. The van der Waals surface area contributed by atoms with E-state index in [1.165, 1.54) is 25.7 Å². The molecule has 3 heteroatoms. The molecule has 0 heterocycles. The number of hydrogen-bond donors (Lipinski definition) is 0. The van der Waals surface area contributed by atoms with Crippen LogP contribution >= 0.6 is 0 Å². The fourth-order valence-electron chi connectivity index (χ4n) is 4.25. The second-order valence-corrected chi connectivity index (χ2v) is 6.99. The van der Waals surface area contributed by atoms with E-state index >= 15 is 0 Å². The second-order valence-electron chi connectivity index (χ2n) is 6.99. The minimum atomic E-state index is -0.0259. The highest BCUT2D eigenvalue weighted by Crippen LogP contribution is 2.41. The molecule has 0 N–H and O–H groups in total. The first-order valence-corrected chi connectivity index (χ1v) is 8.94. The topological polar surface area (TPSA) is 35.5 Å². The van der Waals surface area contributed by atoms with E-state index in [4.69, 9.17) is 9.47 Å². The van der Waals surface area contributed by atoms with Crippen molar-refractivity contribution in [2.24, 2.45) is 17.8 Å². The van der Waals surface area contributed by atoms with Gasteiger partial charge in [0.05, 0.1) is 11.5 Å². The lowest BCUT2D eigenvalue weighted by Crippen LogP contribution is -2.31. The minimum Gasteiger partial charge on any atom is -0.438 e. The van der Waals surface area contributed by atoms with Crippen LogP contribution in [0.25, 0.3) is 0 Å². The molecule has 2 fully saturated rings. The number of hydrogen-bond acceptors (Lipinski definition) is 3. The van der Waals surface area contributed by atoms with Crippen molar-refractivity contribution in [3.63, 3.8) is 0 Å². The molecule has 0 radical (unpaired) electrons. The molecule has 2 aliphatic rings. The highest BCUT2D eigenvalue weighted by molar-refractivity contribution is 5.73. The third-order valence-corrected chi connectivity index (χ3v) is 5.92. The van der Waals surface area contributed by atoms with Crippen LogP contribution in [0.5, 0.6) is 0 Å². The van der Waals surface area contributed by atoms with Gasteiger partial charge in [-0.1, -0.05) is 46.5 Å². The van der Waals surface area contributed by atoms with Gasteiger partial charge in [-0.05, 0) is 43.9 Å². The van der Waals surface area contributed by atoms with Crippen LogP contribution in [0, 0.1) is 17.8 Å². The van der Waals surface area contributed by atoms with Crippen LogP contribution in [0.3, 0.4) is 0 Å². The summed E-state index contributed by atoms with van der Waals surface area (Å²) in [6.45, 7) is 6.73. The maximum Gasteiger partial charge on any atom is 0.311 e. The molecular formula is C18H32O3. The van der Waals surface area contributed by atoms with Crippen LogP contribution in [0.2, 0.25) is 0 Å². The van der Waals surface area contributed by atoms with Crippen LogP contribution in [0.1, 0.15) is 78.6 Å². The molecule has 3 atom stereocenters. The highest BCUT2D eigenvalue weighted by atomic mass is 16.7. The maximum absolute atomic E-state index is 12.3. The molecule has 2 aliphatic carbocycles. The zero-order chi connectivity index (χ0) is 15.3. The van der Waals surface area contributed by atoms with Crippen LogP contribution < -0.4 is 0 Å². The van der Waals surface area contributed by atoms with Crippen molar-refractivity contribution in [1.29, 1.82) is 0 Å². The average Bonchev–Trinajstić information content (AvgIpc) is 3.14. The Bertz CT molecular complexity index is 333. The first-order valence-electron chi connectivity index (χ1n) is 8.94. The quantitative estimate of drug-likeness (QED) is 0.505. The summed E-state index contributed by atoms with van der Waals surface area (Å²) < 4.78 is 11.4. The van der Waals surface area contributed by atoms with Gasteiger partial charge >= 0.3 is 5.97 Å². The molecular weight excluding hydrogens is 264 g/mol. The molecule has 3 unspecified atom stereocenters. The Balaban J connectivity index is 1.78. The third-order valence-electron chi connectivity index (χ3n) is 5.92. The van der Waals surface area contributed by atoms with Gasteiger partial charge in [0.15, 0.2) is 6.79 Å². The molecule has 2 rings (SSSR count). The Hall–Kier alpha value is -0.570. The molecule has 0 spiro atoms. The van der Waals surface area contributed by atoms with Crippen molar-refractivity contribution in [2.75, 3.05) is 6.79 Å². The summed E-state index contributed by atoms with van der Waals surface area (Å²) in [6, 6.07) is 0. The molecule has 0 saturated heterocycles. The lowest BCUT2D eigenvalue weighted by molar-refractivity contribution is -0.178. The Morgan fingerprint density at radius 2 is 1.81 bits per heavy atom. The lowest BCUT2D eigenvalue weighted by Gasteiger charge is -2.28. The van der Waals surface area contributed by atoms with E-state index in [2.05, 4.69) is 20.8 Å². The van der Waals surface area contributed by atoms with Crippen LogP contribution in [-0.4, -0.2) is 18.4 Å². The van der Waals surface area contributed by atoms with Crippen molar-refractivity contribution in [3.05, 3.63) is 0 Å². The molecule has 0 bridgehead atoms. The molecule has 122 valence electrons. The second kappa shape index (κ2) is 7.62. The maximum atomic E-state index is 12.3. The SMILES string of the molecule is CCC1CC(CC)C(C(=O)OCOC2(CC)CCCC2)C1. The van der Waals surface area contributed by atoms with Crippen molar-refractivity contribution in [2.45, 2.75) is 84.2 Å². The van der Waals surface area contributed by atoms with Gasteiger partial charge < -0.3 is 9.47 Å². The fraction of sp³-hybridized carbons (Fsp3) is 0.944. The van der Waals surface area contributed by atoms with Gasteiger partial charge in [-0.25, -0.2) is 0 Å². The standard InChI is InChI=1S/C18H32O3/c1-4-14-11-15(5-2)16(12-14)17(19)20-13-21-18(6-3)9-7-8-10-18/h14-16H,4-13H2,1-3H3. The summed E-state index contributed by atoms with van der Waals surface area (Å²) in [7, 11) is 0. The molecule has 0 aromatic heterocycles. The van der Waals surface area contributed by atoms with Gasteiger partial charge in [0.25, 0.3) is 0 Å². The summed E-state index contributed by atoms with van der Waals surface area (Å²) in [5.41, 5.74) is -0.0218. The van der Waals surface area contributed by atoms with Crippen molar-refractivity contribution >= 4 is 5.97 Å². The fourth-order valence-corrected chi connectivity index (χ4v) is 4.25. The normalized spacial score (nSPS) is 31.5. The zero-order valence-electron chi connectivity index (χ0n) is 14.0. The Kier molecular flexibility index (Phi) is 6.09. The lowest BCUT2D eigenvalue weighted by atomic mass is 9.94. The van der Waals surface area contributed by atoms with E-state index in [0.717, 1.165) is 32.1 Å². The molecule has 0 aliphatic heterocycles. The first-order chi connectivity index (χ1) is 10.1. The molecule has 0 amide bonds. The Morgan fingerprint density at radius 3 is 2.38 bits per heavy atom. The highest BCUT2D eigenvalue weighted by Gasteiger charge is 2.38. The molecule has 3 nitrogen and oxygen atoms in total. The zero-order valence-corrected chi connectivity index (χ0v) is 14.0. The molecule has 0 aromatic carbocycles. The van der Waals surface area contributed by atoms with E-state index in [-0.39, 0.29) is 24.3 Å². The van der Waals surface area contributed by atoms with E-state index in [9.17, 15) is 4.79 Å². The van der Waals surface area contributed by atoms with Gasteiger partial charge in [0, 0.05) is 0 Å². The van der Waals surface area contributed by atoms with Gasteiger partial charge in [-0.2, -0.15) is 0 Å². The molecule has 21 heavy (non-hydrogen) atoms. The number of esters is 1. The van der Waals surface area contributed by atoms with Crippen LogP contribution in [0.4, 0.5) is 0 Å². The van der Waals surface area contributed by atoms with Gasteiger partial charge in [-0.15, -0.1) is 0 Å². The monoisotopic (exact) mass is 296 g/mol. The molecule has 2 saturated carbocycles. The van der Waals surface area contributed by atoms with Crippen LogP contribution in [-0.2, 0) is 14.3 Å². The van der Waals surface area contributed by atoms with E-state index < -0.39 is 0 Å². The Morgan fingerprint density at radius 1 is 1.10 bits per heavy atom. The minimum absolute atomic E-state index is 0.0218. The van der Waals surface area contributed by atoms with Gasteiger partial charge in [0.2, 0.25) is 0 Å². The predicted octanol–water partition coefficient (Wildman–Crippen LogP) is 4.69. The Labute approximate surface area is 129 Å². The summed E-state index contributed by atoms with van der Waals surface area (Å²) >= 11 is 0. The summed E-state index contributed by atoms with van der Waals surface area (Å²) in [6.07, 6.45) is 10.2. The summed E-state index contributed by atoms with van der Waals surface area (Å²) in [4.78, 5) is 12.3. The van der Waals surface area contributed by atoms with E-state index in [0.29, 0.717) is 11.8 Å². The first kappa shape index (κ1) is 16.8. The average molecular weight is 296 g/mol. The number of rotatable bonds is 7. The van der Waals surface area contributed by atoms with Crippen molar-refractivity contribution < 1.29 is 14.3 Å². The number of carbonyl (C=O) groups excluding carboxylic acids is 1. The van der Waals surface area contributed by atoms with Crippen molar-refractivity contribution in [3.8, 4) is 0 Å². The van der Waals surface area contributed by atoms with E-state index in [1.807, 2.05) is 0 Å². The summed E-state index contributed by atoms with van der Waals surface area (Å²) in [5, 5.41) is 0. The van der Waals surface area contributed by atoms with Gasteiger partial charge in [-0.3, -0.25) is 4.79 Å². The summed E-state index contributed by atoms with van der Waals surface area (Å²) in [5.74, 6) is 1.28. The van der Waals surface area contributed by atoms with E-state index in [1.54, 1.807) is 0 Å². The third kappa shape index (κ3) is 4.00. The largest absolute Gasteiger partial charge is 0.438 e. The molecule has 0 aromatic rings.